The van der Waals surface area contributed by atoms with Gasteiger partial charge in [0.15, 0.2) is 0 Å². The number of carbonyl (C=O) groups is 1. The number of halogens is 3. The van der Waals surface area contributed by atoms with Gasteiger partial charge in [-0.05, 0) is 25.0 Å². The van der Waals surface area contributed by atoms with E-state index in [-0.39, 0.29) is 42.1 Å². The average molecular weight is 487 g/mol. The van der Waals surface area contributed by atoms with Crippen molar-refractivity contribution in [2.45, 2.75) is 50.3 Å². The number of nitrogens with zero attached hydrogens (tertiary/aromatic N) is 3. The minimum atomic E-state index is -4.92. The summed E-state index contributed by atoms with van der Waals surface area (Å²) >= 11 is 0. The highest BCUT2D eigenvalue weighted by molar-refractivity contribution is 7.89. The van der Waals surface area contributed by atoms with Crippen molar-refractivity contribution < 1.29 is 31.1 Å². The number of rotatable bonds is 5. The van der Waals surface area contributed by atoms with Gasteiger partial charge >= 0.3 is 6.36 Å². The number of ether oxygens (including phenoxy) is 1. The van der Waals surface area contributed by atoms with Crippen LogP contribution in [0.4, 0.5) is 18.9 Å². The fourth-order valence-electron chi connectivity index (χ4n) is 3.36. The van der Waals surface area contributed by atoms with E-state index in [2.05, 4.69) is 20.0 Å². The number of anilines is 1. The Morgan fingerprint density at radius 3 is 2.27 bits per heavy atom. The van der Waals surface area contributed by atoms with Gasteiger partial charge in [-0.15, -0.1) is 13.2 Å². The fourth-order valence-corrected chi connectivity index (χ4v) is 4.87. The van der Waals surface area contributed by atoms with Crippen molar-refractivity contribution in [3.05, 3.63) is 42.5 Å². The van der Waals surface area contributed by atoms with Crippen LogP contribution < -0.4 is 10.1 Å². The van der Waals surface area contributed by atoms with Crippen molar-refractivity contribution in [2.24, 2.45) is 5.92 Å². The molecule has 3 rings (SSSR count). The summed E-state index contributed by atoms with van der Waals surface area (Å²) < 4.78 is 68.0. The summed E-state index contributed by atoms with van der Waals surface area (Å²) in [7, 11) is -4.03. The lowest BCUT2D eigenvalue weighted by molar-refractivity contribution is -0.274. The number of alkyl halides is 3. The van der Waals surface area contributed by atoms with Gasteiger partial charge in [0, 0.05) is 30.5 Å². The third kappa shape index (κ3) is 6.41. The zero-order chi connectivity index (χ0) is 24.4. The Labute approximate surface area is 190 Å². The molecular formula is C21H25F3N4O4S. The second kappa shape index (κ2) is 9.26. The summed E-state index contributed by atoms with van der Waals surface area (Å²) in [5.41, 5.74) is 0.226. The summed E-state index contributed by atoms with van der Waals surface area (Å²) in [5, 5.41) is 2.75. The van der Waals surface area contributed by atoms with Crippen molar-refractivity contribution in [1.29, 1.82) is 0 Å². The smallest absolute Gasteiger partial charge is 0.406 e. The average Bonchev–Trinajstić information content (AvgIpc) is 2.72. The number of sulfonamides is 1. The third-order valence-corrected chi connectivity index (χ3v) is 6.99. The summed E-state index contributed by atoms with van der Waals surface area (Å²) in [6.45, 7) is 6.04. The van der Waals surface area contributed by atoms with Crippen molar-refractivity contribution in [1.82, 2.24) is 14.3 Å². The van der Waals surface area contributed by atoms with Gasteiger partial charge in [-0.3, -0.25) is 4.79 Å². The monoisotopic (exact) mass is 486 g/mol. The van der Waals surface area contributed by atoms with Crippen LogP contribution in [0.5, 0.6) is 5.75 Å². The number of benzene rings is 1. The fraction of sp³-hybridized carbons (Fsp3) is 0.476. The summed E-state index contributed by atoms with van der Waals surface area (Å²) in [4.78, 5) is 20.8. The van der Waals surface area contributed by atoms with Crippen LogP contribution in [0.3, 0.4) is 0 Å². The molecule has 1 fully saturated rings. The molecule has 1 aromatic heterocycles. The minimum Gasteiger partial charge on any atom is -0.406 e. The molecule has 1 amide bonds. The van der Waals surface area contributed by atoms with Crippen LogP contribution in [0.25, 0.3) is 0 Å². The first-order chi connectivity index (χ1) is 15.3. The molecule has 2 aromatic rings. The number of hydrogen-bond acceptors (Lipinski definition) is 6. The van der Waals surface area contributed by atoms with E-state index in [0.29, 0.717) is 11.5 Å². The lowest BCUT2D eigenvalue weighted by atomic mass is 9.96. The molecule has 33 heavy (non-hydrogen) atoms. The predicted octanol–water partition coefficient (Wildman–Crippen LogP) is 3.71. The number of piperidine rings is 1. The van der Waals surface area contributed by atoms with Crippen molar-refractivity contribution in [3.63, 3.8) is 0 Å². The maximum Gasteiger partial charge on any atom is 0.573 e. The molecule has 1 aromatic carbocycles. The molecule has 0 radical (unpaired) electrons. The molecule has 0 spiro atoms. The van der Waals surface area contributed by atoms with Crippen molar-refractivity contribution in [3.8, 4) is 5.75 Å². The van der Waals surface area contributed by atoms with Crippen molar-refractivity contribution >= 4 is 21.6 Å². The molecule has 180 valence electrons. The molecule has 12 heteroatoms. The Bertz CT molecular complexity index is 1090. The Kier molecular flexibility index (Phi) is 6.99. The lowest BCUT2D eigenvalue weighted by Crippen LogP contribution is -2.41. The van der Waals surface area contributed by atoms with E-state index < -0.39 is 28.1 Å². The van der Waals surface area contributed by atoms with E-state index in [4.69, 9.17) is 0 Å². The van der Waals surface area contributed by atoms with Gasteiger partial charge in [0.25, 0.3) is 0 Å². The Balaban J connectivity index is 1.61. The van der Waals surface area contributed by atoms with E-state index in [1.165, 1.54) is 24.5 Å². The van der Waals surface area contributed by atoms with E-state index in [1.54, 1.807) is 0 Å². The van der Waals surface area contributed by atoms with Gasteiger partial charge in [-0.25, -0.2) is 18.4 Å². The van der Waals surface area contributed by atoms with Crippen LogP contribution in [0, 0.1) is 5.92 Å². The van der Waals surface area contributed by atoms with Crippen LogP contribution in [0.2, 0.25) is 0 Å². The number of nitrogens with one attached hydrogen (secondary N) is 1. The summed E-state index contributed by atoms with van der Waals surface area (Å²) in [6, 6.07) is 4.25. The quantitative estimate of drug-likeness (QED) is 0.692. The molecule has 0 atom stereocenters. The second-order valence-electron chi connectivity index (χ2n) is 8.74. The van der Waals surface area contributed by atoms with Crippen LogP contribution in [0.15, 0.2) is 41.6 Å². The molecule has 0 bridgehead atoms. The van der Waals surface area contributed by atoms with E-state index in [1.807, 2.05) is 20.8 Å². The van der Waals surface area contributed by atoms with E-state index >= 15 is 0 Å². The lowest BCUT2D eigenvalue weighted by Gasteiger charge is -2.30. The van der Waals surface area contributed by atoms with Gasteiger partial charge in [0.05, 0.1) is 23.0 Å². The molecule has 1 N–H and O–H groups in total. The molecule has 0 aliphatic carbocycles. The van der Waals surface area contributed by atoms with Crippen LogP contribution >= 0.6 is 0 Å². The Morgan fingerprint density at radius 2 is 1.73 bits per heavy atom. The number of carbonyl (C=O) groups excluding carboxylic acids is 1. The molecule has 1 aliphatic heterocycles. The third-order valence-electron chi connectivity index (χ3n) is 5.09. The highest BCUT2D eigenvalue weighted by Gasteiger charge is 2.34. The first-order valence-corrected chi connectivity index (χ1v) is 11.7. The normalized spacial score (nSPS) is 16.4. The number of hydrogen-bond donors (Lipinski definition) is 1. The van der Waals surface area contributed by atoms with Crippen LogP contribution in [0.1, 0.15) is 39.4 Å². The zero-order valence-electron chi connectivity index (χ0n) is 18.4. The first kappa shape index (κ1) is 24.9. The van der Waals surface area contributed by atoms with Crippen molar-refractivity contribution in [2.75, 3.05) is 18.4 Å². The topological polar surface area (TPSA) is 101 Å². The summed E-state index contributed by atoms with van der Waals surface area (Å²) in [6.07, 6.45) is -1.33. The Morgan fingerprint density at radius 1 is 1.12 bits per heavy atom. The number of amides is 1. The van der Waals surface area contributed by atoms with Crippen LogP contribution in [-0.4, -0.2) is 48.1 Å². The molecular weight excluding hydrogens is 461 g/mol. The number of aromatic nitrogens is 2. The molecule has 1 saturated heterocycles. The van der Waals surface area contributed by atoms with E-state index in [0.717, 1.165) is 16.4 Å². The minimum absolute atomic E-state index is 0.0598. The van der Waals surface area contributed by atoms with Gasteiger partial charge in [0.2, 0.25) is 15.9 Å². The van der Waals surface area contributed by atoms with Gasteiger partial charge in [0.1, 0.15) is 11.6 Å². The van der Waals surface area contributed by atoms with Gasteiger partial charge in [-0.1, -0.05) is 26.8 Å². The first-order valence-electron chi connectivity index (χ1n) is 10.2. The maximum absolute atomic E-state index is 12.9. The zero-order valence-corrected chi connectivity index (χ0v) is 19.2. The summed E-state index contributed by atoms with van der Waals surface area (Å²) in [5.74, 6) is -0.653. The Hall–Kier alpha value is -2.73. The highest BCUT2D eigenvalue weighted by Crippen LogP contribution is 2.29. The largest absolute Gasteiger partial charge is 0.573 e. The molecule has 2 heterocycles. The van der Waals surface area contributed by atoms with Gasteiger partial charge < -0.3 is 10.1 Å². The predicted molar refractivity (Wildman–Crippen MR) is 114 cm³/mol. The molecule has 0 unspecified atom stereocenters. The SMILES string of the molecule is CC(C)(C)c1ncc(NC(=O)C2CCN(S(=O)(=O)c3cccc(OC(F)(F)F)c3)CC2)cn1. The van der Waals surface area contributed by atoms with Crippen LogP contribution in [-0.2, 0) is 20.2 Å². The standard InChI is InChI=1S/C21H25F3N4O4S/c1-20(2,3)19-25-12-15(13-26-19)27-18(29)14-7-9-28(10-8-14)33(30,31)17-6-4-5-16(11-17)32-21(22,23)24/h4-6,11-14H,7-10H2,1-3H3,(H,27,29). The molecule has 0 saturated carbocycles. The van der Waals surface area contributed by atoms with E-state index in [9.17, 15) is 26.4 Å². The highest BCUT2D eigenvalue weighted by atomic mass is 32.2. The van der Waals surface area contributed by atoms with Gasteiger partial charge in [-0.2, -0.15) is 4.31 Å². The molecule has 1 aliphatic rings. The molecule has 8 nitrogen and oxygen atoms in total. The maximum atomic E-state index is 12.9. The second-order valence-corrected chi connectivity index (χ2v) is 10.7.